The average Bonchev–Trinajstić information content (AvgIpc) is 2.94. The number of benzene rings is 2. The molecule has 5 heteroatoms. The van der Waals surface area contributed by atoms with Gasteiger partial charge < -0.3 is 14.6 Å². The highest BCUT2D eigenvalue weighted by molar-refractivity contribution is 5.78. The quantitative estimate of drug-likeness (QED) is 0.788. The van der Waals surface area contributed by atoms with Gasteiger partial charge in [0, 0.05) is 7.05 Å². The van der Waals surface area contributed by atoms with E-state index in [1.807, 2.05) is 55.5 Å². The first kappa shape index (κ1) is 15.1. The van der Waals surface area contributed by atoms with Gasteiger partial charge in [0.1, 0.15) is 11.6 Å². The van der Waals surface area contributed by atoms with Gasteiger partial charge in [-0.25, -0.2) is 4.98 Å². The van der Waals surface area contributed by atoms with Gasteiger partial charge in [-0.05, 0) is 36.8 Å². The fourth-order valence-corrected chi connectivity index (χ4v) is 2.35. The summed E-state index contributed by atoms with van der Waals surface area (Å²) in [5.41, 5.74) is 2.98. The van der Waals surface area contributed by atoms with Crippen molar-refractivity contribution in [3.8, 4) is 5.75 Å². The summed E-state index contributed by atoms with van der Waals surface area (Å²) in [5, 5.41) is 0. The molecule has 1 amide bonds. The van der Waals surface area contributed by atoms with E-state index in [9.17, 15) is 4.79 Å². The lowest BCUT2D eigenvalue weighted by atomic mass is 10.2. The molecular formula is C18H19N3O2. The lowest BCUT2D eigenvalue weighted by Gasteiger charge is -2.16. The maximum absolute atomic E-state index is 12.2. The number of ether oxygens (including phenoxy) is 1. The number of nitrogens with zero attached hydrogens (tertiary/aromatic N) is 2. The molecule has 1 aromatic heterocycles. The molecule has 3 rings (SSSR count). The number of fused-ring (bicyclic) bond motifs is 1. The molecule has 0 saturated heterocycles. The third-order valence-electron chi connectivity index (χ3n) is 3.60. The molecule has 23 heavy (non-hydrogen) atoms. The molecule has 0 atom stereocenters. The first-order valence-electron chi connectivity index (χ1n) is 7.49. The molecule has 0 saturated carbocycles. The van der Waals surface area contributed by atoms with Crippen LogP contribution in [-0.4, -0.2) is 34.4 Å². The zero-order chi connectivity index (χ0) is 16.2. The summed E-state index contributed by atoms with van der Waals surface area (Å²) < 4.78 is 5.54. The number of H-pyrrole nitrogens is 1. The van der Waals surface area contributed by atoms with E-state index in [4.69, 9.17) is 4.74 Å². The van der Waals surface area contributed by atoms with E-state index in [-0.39, 0.29) is 12.5 Å². The molecule has 0 fully saturated rings. The zero-order valence-corrected chi connectivity index (χ0v) is 13.2. The standard InChI is InChI=1S/C18H19N3O2/c1-13-6-5-7-14(10-13)23-12-18(22)21(2)11-17-19-15-8-3-4-9-16(15)20-17/h3-10H,11-12H2,1-2H3,(H,19,20). The Morgan fingerprint density at radius 2 is 2.04 bits per heavy atom. The van der Waals surface area contributed by atoms with Crippen molar-refractivity contribution in [1.82, 2.24) is 14.9 Å². The molecule has 0 bridgehead atoms. The van der Waals surface area contributed by atoms with Crippen LogP contribution in [0.15, 0.2) is 48.5 Å². The largest absolute Gasteiger partial charge is 0.484 e. The highest BCUT2D eigenvalue weighted by Gasteiger charge is 2.12. The molecular weight excluding hydrogens is 290 g/mol. The van der Waals surface area contributed by atoms with E-state index in [2.05, 4.69) is 9.97 Å². The van der Waals surface area contributed by atoms with Gasteiger partial charge in [0.05, 0.1) is 17.6 Å². The third-order valence-corrected chi connectivity index (χ3v) is 3.60. The molecule has 118 valence electrons. The molecule has 2 aromatic carbocycles. The second-order valence-electron chi connectivity index (χ2n) is 5.56. The van der Waals surface area contributed by atoms with Gasteiger partial charge >= 0.3 is 0 Å². The van der Waals surface area contributed by atoms with Gasteiger partial charge in [0.2, 0.25) is 0 Å². The van der Waals surface area contributed by atoms with Crippen LogP contribution in [0.3, 0.4) is 0 Å². The van der Waals surface area contributed by atoms with Gasteiger partial charge in [0.25, 0.3) is 5.91 Å². The average molecular weight is 309 g/mol. The third kappa shape index (κ3) is 3.69. The van der Waals surface area contributed by atoms with Crippen LogP contribution in [-0.2, 0) is 11.3 Å². The van der Waals surface area contributed by atoms with Gasteiger partial charge in [0.15, 0.2) is 6.61 Å². The van der Waals surface area contributed by atoms with E-state index >= 15 is 0 Å². The second-order valence-corrected chi connectivity index (χ2v) is 5.56. The van der Waals surface area contributed by atoms with E-state index in [0.29, 0.717) is 12.3 Å². The van der Waals surface area contributed by atoms with Crippen LogP contribution < -0.4 is 4.74 Å². The smallest absolute Gasteiger partial charge is 0.260 e. The minimum atomic E-state index is -0.0908. The fourth-order valence-electron chi connectivity index (χ4n) is 2.35. The first-order chi connectivity index (χ1) is 11.1. The topological polar surface area (TPSA) is 58.2 Å². The number of aryl methyl sites for hydroxylation is 1. The normalized spacial score (nSPS) is 10.7. The number of rotatable bonds is 5. The first-order valence-corrected chi connectivity index (χ1v) is 7.49. The summed E-state index contributed by atoms with van der Waals surface area (Å²) in [4.78, 5) is 21.5. The van der Waals surface area contributed by atoms with Crippen LogP contribution in [0.4, 0.5) is 0 Å². The summed E-state index contributed by atoms with van der Waals surface area (Å²) in [6.07, 6.45) is 0. The zero-order valence-electron chi connectivity index (χ0n) is 13.2. The Bertz CT molecular complexity index is 793. The van der Waals surface area contributed by atoms with Crippen LogP contribution in [0.1, 0.15) is 11.4 Å². The van der Waals surface area contributed by atoms with Gasteiger partial charge in [-0.1, -0.05) is 24.3 Å². The highest BCUT2D eigenvalue weighted by Crippen LogP contribution is 2.13. The van der Waals surface area contributed by atoms with E-state index in [1.165, 1.54) is 0 Å². The number of hydrogen-bond donors (Lipinski definition) is 1. The number of likely N-dealkylation sites (N-methyl/N-ethyl adjacent to an activating group) is 1. The molecule has 0 aliphatic rings. The Balaban J connectivity index is 1.58. The number of para-hydroxylation sites is 2. The summed E-state index contributed by atoms with van der Waals surface area (Å²) in [6, 6.07) is 15.5. The van der Waals surface area contributed by atoms with E-state index in [0.717, 1.165) is 22.4 Å². The number of hydrogen-bond acceptors (Lipinski definition) is 3. The van der Waals surface area contributed by atoms with Crippen molar-refractivity contribution in [2.45, 2.75) is 13.5 Å². The maximum atomic E-state index is 12.2. The van der Waals surface area contributed by atoms with Crippen LogP contribution >= 0.6 is 0 Å². The second kappa shape index (κ2) is 6.52. The minimum absolute atomic E-state index is 0.0141. The number of aromatic nitrogens is 2. The van der Waals surface area contributed by atoms with Crippen LogP contribution in [0.2, 0.25) is 0 Å². The fraction of sp³-hybridized carbons (Fsp3) is 0.222. The van der Waals surface area contributed by atoms with Crippen molar-refractivity contribution in [3.63, 3.8) is 0 Å². The Morgan fingerprint density at radius 3 is 2.83 bits per heavy atom. The lowest BCUT2D eigenvalue weighted by Crippen LogP contribution is -2.31. The molecule has 0 aliphatic heterocycles. The molecule has 3 aromatic rings. The number of amides is 1. The molecule has 5 nitrogen and oxygen atoms in total. The van der Waals surface area contributed by atoms with Crippen molar-refractivity contribution >= 4 is 16.9 Å². The van der Waals surface area contributed by atoms with Gasteiger partial charge in [-0.3, -0.25) is 4.79 Å². The van der Waals surface area contributed by atoms with Gasteiger partial charge in [-0.2, -0.15) is 0 Å². The predicted molar refractivity (Wildman–Crippen MR) is 89.2 cm³/mol. The monoisotopic (exact) mass is 309 g/mol. The SMILES string of the molecule is Cc1cccc(OCC(=O)N(C)Cc2nc3ccccc3[nH]2)c1. The Morgan fingerprint density at radius 1 is 1.22 bits per heavy atom. The van der Waals surface area contributed by atoms with Crippen molar-refractivity contribution in [1.29, 1.82) is 0 Å². The maximum Gasteiger partial charge on any atom is 0.260 e. The van der Waals surface area contributed by atoms with Crippen molar-refractivity contribution in [2.24, 2.45) is 0 Å². The van der Waals surface area contributed by atoms with Crippen LogP contribution in [0.25, 0.3) is 11.0 Å². The summed E-state index contributed by atoms with van der Waals surface area (Å²) in [5.74, 6) is 1.38. The number of imidazole rings is 1. The number of nitrogens with one attached hydrogen (secondary N) is 1. The van der Waals surface area contributed by atoms with Crippen molar-refractivity contribution < 1.29 is 9.53 Å². The van der Waals surface area contributed by atoms with Gasteiger partial charge in [-0.15, -0.1) is 0 Å². The molecule has 0 unspecified atom stereocenters. The molecule has 1 N–H and O–H groups in total. The van der Waals surface area contributed by atoms with Crippen molar-refractivity contribution in [3.05, 3.63) is 59.9 Å². The molecule has 0 aliphatic carbocycles. The Labute approximate surface area is 134 Å². The molecule has 1 heterocycles. The predicted octanol–water partition coefficient (Wildman–Crippen LogP) is 2.91. The van der Waals surface area contributed by atoms with E-state index in [1.54, 1.807) is 11.9 Å². The number of aromatic amines is 1. The molecule has 0 spiro atoms. The summed E-state index contributed by atoms with van der Waals surface area (Å²) >= 11 is 0. The minimum Gasteiger partial charge on any atom is -0.484 e. The summed E-state index contributed by atoms with van der Waals surface area (Å²) in [7, 11) is 1.75. The van der Waals surface area contributed by atoms with E-state index < -0.39 is 0 Å². The Hall–Kier alpha value is -2.82. The Kier molecular flexibility index (Phi) is 4.28. The summed E-state index contributed by atoms with van der Waals surface area (Å²) in [6.45, 7) is 2.42. The lowest BCUT2D eigenvalue weighted by molar-refractivity contribution is -0.132. The highest BCUT2D eigenvalue weighted by atomic mass is 16.5. The van der Waals surface area contributed by atoms with Crippen molar-refractivity contribution in [2.75, 3.05) is 13.7 Å². The molecule has 0 radical (unpaired) electrons. The number of carbonyl (C=O) groups is 1. The van der Waals surface area contributed by atoms with Crippen LogP contribution in [0, 0.1) is 6.92 Å². The number of carbonyl (C=O) groups excluding carboxylic acids is 1. The van der Waals surface area contributed by atoms with Crippen LogP contribution in [0.5, 0.6) is 5.75 Å².